The van der Waals surface area contributed by atoms with E-state index in [1.165, 1.54) is 5.01 Å². The quantitative estimate of drug-likeness (QED) is 0.577. The molecule has 10 heteroatoms. The van der Waals surface area contributed by atoms with Gasteiger partial charge in [0.2, 0.25) is 0 Å². The number of hydrogen-bond acceptors (Lipinski definition) is 6. The first kappa shape index (κ1) is 25.6. The number of halogens is 1. The van der Waals surface area contributed by atoms with Gasteiger partial charge in [0, 0.05) is 43.7 Å². The SMILES string of the molecule is CC(C)NC(=O)N(CCN1CCOCC1)CC(=O)N1N=C(c2cccs2)CC1c1ccccc1Cl. The van der Waals surface area contributed by atoms with Gasteiger partial charge in [-0.05, 0) is 36.9 Å². The van der Waals surface area contributed by atoms with Crippen LogP contribution in [0.3, 0.4) is 0 Å². The van der Waals surface area contributed by atoms with Gasteiger partial charge in [-0.2, -0.15) is 5.10 Å². The zero-order valence-electron chi connectivity index (χ0n) is 20.2. The van der Waals surface area contributed by atoms with E-state index in [1.807, 2.05) is 55.6 Å². The summed E-state index contributed by atoms with van der Waals surface area (Å²) in [7, 11) is 0. The molecule has 1 aromatic carbocycles. The molecule has 35 heavy (non-hydrogen) atoms. The first-order valence-corrected chi connectivity index (χ1v) is 13.2. The average molecular weight is 518 g/mol. The molecule has 188 valence electrons. The Morgan fingerprint density at radius 2 is 2.00 bits per heavy atom. The summed E-state index contributed by atoms with van der Waals surface area (Å²) in [4.78, 5) is 31.5. The van der Waals surface area contributed by atoms with E-state index in [0.717, 1.165) is 29.2 Å². The number of hydrazone groups is 1. The summed E-state index contributed by atoms with van der Waals surface area (Å²) in [6.45, 7) is 7.89. The zero-order chi connectivity index (χ0) is 24.8. The molecule has 0 spiro atoms. The Morgan fingerprint density at radius 1 is 1.23 bits per heavy atom. The molecule has 4 rings (SSSR count). The lowest BCUT2D eigenvalue weighted by molar-refractivity contribution is -0.133. The zero-order valence-corrected chi connectivity index (χ0v) is 21.7. The largest absolute Gasteiger partial charge is 0.379 e. The highest BCUT2D eigenvalue weighted by molar-refractivity contribution is 7.12. The average Bonchev–Trinajstić information content (AvgIpc) is 3.52. The standard InChI is InChI=1S/C25H32ClN5O3S/c1-18(2)27-25(33)30(10-9-29-11-13-34-14-12-29)17-24(32)31-22(19-6-3-4-7-20(19)26)16-21(28-31)23-8-5-15-35-23/h3-8,15,18,22H,9-14,16-17H2,1-2H3,(H,27,33). The number of amides is 3. The normalized spacial score (nSPS) is 18.6. The van der Waals surface area contributed by atoms with Crippen molar-refractivity contribution < 1.29 is 14.3 Å². The van der Waals surface area contributed by atoms with Gasteiger partial charge in [-0.15, -0.1) is 11.3 Å². The minimum atomic E-state index is -0.317. The van der Waals surface area contributed by atoms with Crippen LogP contribution in [0.2, 0.25) is 5.02 Å². The molecule has 1 saturated heterocycles. The van der Waals surface area contributed by atoms with Crippen molar-refractivity contribution in [1.29, 1.82) is 0 Å². The van der Waals surface area contributed by atoms with Crippen molar-refractivity contribution in [1.82, 2.24) is 20.1 Å². The summed E-state index contributed by atoms with van der Waals surface area (Å²) in [6.07, 6.45) is 0.571. The highest BCUT2D eigenvalue weighted by Gasteiger charge is 2.35. The lowest BCUT2D eigenvalue weighted by atomic mass is 10.0. The van der Waals surface area contributed by atoms with E-state index in [-0.39, 0.29) is 30.6 Å². The number of nitrogens with one attached hydrogen (secondary N) is 1. The Morgan fingerprint density at radius 3 is 2.69 bits per heavy atom. The monoisotopic (exact) mass is 517 g/mol. The van der Waals surface area contributed by atoms with Gasteiger partial charge in [0.05, 0.1) is 29.8 Å². The second-order valence-electron chi connectivity index (χ2n) is 8.98. The molecule has 2 aromatic rings. The van der Waals surface area contributed by atoms with Crippen LogP contribution in [0.4, 0.5) is 4.79 Å². The highest BCUT2D eigenvalue weighted by atomic mass is 35.5. The molecule has 0 bridgehead atoms. The molecular weight excluding hydrogens is 486 g/mol. The van der Waals surface area contributed by atoms with E-state index in [1.54, 1.807) is 16.2 Å². The van der Waals surface area contributed by atoms with Crippen molar-refractivity contribution in [2.45, 2.75) is 32.4 Å². The molecule has 0 radical (unpaired) electrons. The smallest absolute Gasteiger partial charge is 0.318 e. The minimum absolute atomic E-state index is 0.0328. The van der Waals surface area contributed by atoms with E-state index in [0.29, 0.717) is 37.7 Å². The molecule has 2 aliphatic heterocycles. The van der Waals surface area contributed by atoms with Crippen molar-refractivity contribution in [3.63, 3.8) is 0 Å². The predicted octanol–water partition coefficient (Wildman–Crippen LogP) is 3.83. The van der Waals surface area contributed by atoms with Crippen LogP contribution >= 0.6 is 22.9 Å². The fourth-order valence-electron chi connectivity index (χ4n) is 4.23. The van der Waals surface area contributed by atoms with Crippen LogP contribution in [0.15, 0.2) is 46.9 Å². The highest BCUT2D eigenvalue weighted by Crippen LogP contribution is 2.37. The van der Waals surface area contributed by atoms with Gasteiger partial charge in [0.25, 0.3) is 5.91 Å². The van der Waals surface area contributed by atoms with Gasteiger partial charge in [-0.3, -0.25) is 9.69 Å². The first-order valence-electron chi connectivity index (χ1n) is 12.0. The first-order chi connectivity index (χ1) is 16.9. The molecular formula is C25H32ClN5O3S. The van der Waals surface area contributed by atoms with E-state index in [2.05, 4.69) is 10.2 Å². The Kier molecular flexibility index (Phi) is 8.78. The number of rotatable bonds is 8. The summed E-state index contributed by atoms with van der Waals surface area (Å²) >= 11 is 8.11. The van der Waals surface area contributed by atoms with Gasteiger partial charge in [0.15, 0.2) is 0 Å². The van der Waals surface area contributed by atoms with Crippen LogP contribution < -0.4 is 5.32 Å². The van der Waals surface area contributed by atoms with Gasteiger partial charge >= 0.3 is 6.03 Å². The second-order valence-corrected chi connectivity index (χ2v) is 10.3. The van der Waals surface area contributed by atoms with Crippen molar-refractivity contribution >= 4 is 40.6 Å². The third-order valence-electron chi connectivity index (χ3n) is 6.05. The lowest BCUT2D eigenvalue weighted by Crippen LogP contribution is -2.50. The predicted molar refractivity (Wildman–Crippen MR) is 139 cm³/mol. The number of urea groups is 1. The minimum Gasteiger partial charge on any atom is -0.379 e. The van der Waals surface area contributed by atoms with Crippen LogP contribution in [-0.4, -0.2) is 84.4 Å². The van der Waals surface area contributed by atoms with Gasteiger partial charge < -0.3 is 15.0 Å². The van der Waals surface area contributed by atoms with Crippen LogP contribution in [0.25, 0.3) is 0 Å². The number of ether oxygens (including phenoxy) is 1. The Labute approximate surface area is 215 Å². The summed E-state index contributed by atoms with van der Waals surface area (Å²) in [5.74, 6) is -0.234. The molecule has 1 N–H and O–H groups in total. The molecule has 1 atom stereocenters. The van der Waals surface area contributed by atoms with Crippen LogP contribution in [0.1, 0.15) is 36.8 Å². The number of carbonyl (C=O) groups excluding carboxylic acids is 2. The van der Waals surface area contributed by atoms with Crippen LogP contribution in [0.5, 0.6) is 0 Å². The topological polar surface area (TPSA) is 77.5 Å². The Bertz CT molecular complexity index is 1040. The molecule has 0 aliphatic carbocycles. The summed E-state index contributed by atoms with van der Waals surface area (Å²) in [5.41, 5.74) is 1.70. The Balaban J connectivity index is 1.54. The fraction of sp³-hybridized carbons (Fsp3) is 0.480. The molecule has 8 nitrogen and oxygen atoms in total. The number of thiophene rings is 1. The molecule has 2 aliphatic rings. The lowest BCUT2D eigenvalue weighted by Gasteiger charge is -2.31. The third-order valence-corrected chi connectivity index (χ3v) is 7.31. The third kappa shape index (κ3) is 6.61. The number of morpholine rings is 1. The number of hydrogen-bond donors (Lipinski definition) is 1. The molecule has 0 saturated carbocycles. The summed E-state index contributed by atoms with van der Waals surface area (Å²) in [5, 5.41) is 11.8. The maximum absolute atomic E-state index is 13.6. The van der Waals surface area contributed by atoms with Crippen molar-refractivity contribution in [3.8, 4) is 0 Å². The van der Waals surface area contributed by atoms with Crippen molar-refractivity contribution in [2.75, 3.05) is 45.9 Å². The van der Waals surface area contributed by atoms with E-state index in [9.17, 15) is 9.59 Å². The molecule has 3 heterocycles. The molecule has 1 fully saturated rings. The van der Waals surface area contributed by atoms with E-state index >= 15 is 0 Å². The Hall–Kier alpha value is -2.46. The fourth-order valence-corrected chi connectivity index (χ4v) is 5.22. The number of benzene rings is 1. The van der Waals surface area contributed by atoms with E-state index < -0.39 is 0 Å². The van der Waals surface area contributed by atoms with Crippen molar-refractivity contribution in [3.05, 3.63) is 57.2 Å². The summed E-state index contributed by atoms with van der Waals surface area (Å²) in [6, 6.07) is 10.9. The van der Waals surface area contributed by atoms with Crippen LogP contribution in [0, 0.1) is 0 Å². The maximum Gasteiger partial charge on any atom is 0.318 e. The van der Waals surface area contributed by atoms with Gasteiger partial charge in [-0.25, -0.2) is 9.80 Å². The summed E-state index contributed by atoms with van der Waals surface area (Å²) < 4.78 is 5.42. The molecule has 1 aromatic heterocycles. The second kappa shape index (κ2) is 12.0. The van der Waals surface area contributed by atoms with Crippen LogP contribution in [-0.2, 0) is 9.53 Å². The van der Waals surface area contributed by atoms with Gasteiger partial charge in [-0.1, -0.05) is 35.9 Å². The maximum atomic E-state index is 13.6. The van der Waals surface area contributed by atoms with Crippen molar-refractivity contribution in [2.24, 2.45) is 5.10 Å². The van der Waals surface area contributed by atoms with Gasteiger partial charge in [0.1, 0.15) is 6.54 Å². The molecule has 3 amide bonds. The molecule has 1 unspecified atom stereocenters. The number of nitrogens with zero attached hydrogens (tertiary/aromatic N) is 4. The van der Waals surface area contributed by atoms with E-state index in [4.69, 9.17) is 21.4 Å². The number of carbonyl (C=O) groups is 2.